The molecule has 1 fully saturated rings. The third kappa shape index (κ3) is 7.33. The number of hydrogen-bond acceptors (Lipinski definition) is 8. The van der Waals surface area contributed by atoms with Crippen LogP contribution in [-0.2, 0) is 46.7 Å². The molecule has 1 aliphatic heterocycles. The van der Waals surface area contributed by atoms with Gasteiger partial charge in [-0.1, -0.05) is 78.9 Å². The highest BCUT2D eigenvalue weighted by Crippen LogP contribution is 2.31. The van der Waals surface area contributed by atoms with Crippen molar-refractivity contribution in [1.82, 2.24) is 0 Å². The van der Waals surface area contributed by atoms with Gasteiger partial charge in [-0.3, -0.25) is 0 Å². The fourth-order valence-corrected chi connectivity index (χ4v) is 5.37. The number of allylic oxidation sites excluding steroid dienone is 1. The number of aliphatic hydroxyl groups excluding tert-OH is 1. The van der Waals surface area contributed by atoms with Crippen LogP contribution in [0.3, 0.4) is 0 Å². The number of hydrogen-bond donors (Lipinski definition) is 1. The van der Waals surface area contributed by atoms with Crippen LogP contribution in [0.25, 0.3) is 0 Å². The Morgan fingerprint density at radius 2 is 1.33 bits per heavy atom. The van der Waals surface area contributed by atoms with E-state index in [1.807, 2.05) is 60.7 Å². The molecule has 8 nitrogen and oxygen atoms in total. The van der Waals surface area contributed by atoms with Crippen LogP contribution < -0.4 is 0 Å². The van der Waals surface area contributed by atoms with Gasteiger partial charge >= 0.3 is 0 Å². The molecule has 0 aromatic heterocycles. The molecule has 0 unspecified atom stereocenters. The van der Waals surface area contributed by atoms with Crippen LogP contribution in [0.2, 0.25) is 0 Å². The summed E-state index contributed by atoms with van der Waals surface area (Å²) in [5, 5.41) is 10.2. The Bertz CT molecular complexity index is 1280. The van der Waals surface area contributed by atoms with E-state index >= 15 is 0 Å². The maximum Gasteiger partial charge on any atom is 0.205 e. The van der Waals surface area contributed by atoms with Gasteiger partial charge in [-0.2, -0.15) is 0 Å². The van der Waals surface area contributed by atoms with Gasteiger partial charge in [-0.15, -0.1) is 0 Å². The maximum absolute atomic E-state index is 13.1. The van der Waals surface area contributed by atoms with E-state index in [2.05, 4.69) is 0 Å². The lowest BCUT2D eigenvalue weighted by molar-refractivity contribution is -0.314. The SMILES string of the molecule is CO[C@H]1O[C@H](CO)[C@@H](O/C=C(\C)S(=O)(=O)c2ccccc2)[C@H](OCc2ccccc2)[C@H]1OCc1ccccc1. The average Bonchev–Trinajstić information content (AvgIpc) is 2.99. The highest BCUT2D eigenvalue weighted by molar-refractivity contribution is 7.95. The van der Waals surface area contributed by atoms with E-state index in [4.69, 9.17) is 23.7 Å². The molecule has 208 valence electrons. The first-order chi connectivity index (χ1) is 18.9. The van der Waals surface area contributed by atoms with Gasteiger partial charge in [-0.05, 0) is 30.2 Å². The first kappa shape index (κ1) is 28.9. The summed E-state index contributed by atoms with van der Waals surface area (Å²) in [6.07, 6.45) is -2.95. The van der Waals surface area contributed by atoms with E-state index in [-0.39, 0.29) is 23.0 Å². The molecule has 0 aliphatic carbocycles. The van der Waals surface area contributed by atoms with Crippen molar-refractivity contribution in [3.63, 3.8) is 0 Å². The monoisotopic (exact) mass is 554 g/mol. The topological polar surface area (TPSA) is 101 Å². The summed E-state index contributed by atoms with van der Waals surface area (Å²) in [4.78, 5) is 0.157. The van der Waals surface area contributed by atoms with Crippen molar-refractivity contribution in [1.29, 1.82) is 0 Å². The number of ether oxygens (including phenoxy) is 5. The molecule has 1 saturated heterocycles. The number of rotatable bonds is 12. The Hall–Kier alpha value is -3.05. The Labute approximate surface area is 229 Å². The van der Waals surface area contributed by atoms with E-state index < -0.39 is 47.2 Å². The van der Waals surface area contributed by atoms with Gasteiger partial charge in [0.1, 0.15) is 18.3 Å². The molecule has 39 heavy (non-hydrogen) atoms. The Balaban J connectivity index is 1.62. The highest BCUT2D eigenvalue weighted by Gasteiger charge is 2.49. The van der Waals surface area contributed by atoms with Crippen molar-refractivity contribution in [2.75, 3.05) is 13.7 Å². The number of benzene rings is 3. The lowest BCUT2D eigenvalue weighted by atomic mass is 9.98. The molecule has 1 heterocycles. The predicted molar refractivity (Wildman–Crippen MR) is 145 cm³/mol. The third-order valence-corrected chi connectivity index (χ3v) is 8.28. The summed E-state index contributed by atoms with van der Waals surface area (Å²) in [6.45, 7) is 1.55. The minimum Gasteiger partial charge on any atom is -0.491 e. The minimum atomic E-state index is -3.78. The number of aliphatic hydroxyl groups is 1. The minimum absolute atomic E-state index is 0.00261. The normalized spacial score (nSPS) is 23.9. The smallest absolute Gasteiger partial charge is 0.205 e. The molecule has 0 saturated carbocycles. The van der Waals surface area contributed by atoms with Gasteiger partial charge in [0.25, 0.3) is 0 Å². The molecule has 0 radical (unpaired) electrons. The zero-order valence-electron chi connectivity index (χ0n) is 22.0. The number of methoxy groups -OCH3 is 1. The van der Waals surface area contributed by atoms with E-state index in [0.717, 1.165) is 11.1 Å². The van der Waals surface area contributed by atoms with Crippen LogP contribution in [0.5, 0.6) is 0 Å². The second-order valence-electron chi connectivity index (χ2n) is 9.13. The third-order valence-electron chi connectivity index (χ3n) is 6.44. The van der Waals surface area contributed by atoms with Crippen molar-refractivity contribution in [3.8, 4) is 0 Å². The van der Waals surface area contributed by atoms with Gasteiger partial charge in [0.05, 0.1) is 35.9 Å². The van der Waals surface area contributed by atoms with Crippen LogP contribution in [0.1, 0.15) is 18.1 Å². The summed E-state index contributed by atoms with van der Waals surface area (Å²) in [5.74, 6) is 0. The van der Waals surface area contributed by atoms with Crippen LogP contribution in [0, 0.1) is 0 Å². The van der Waals surface area contributed by atoms with Crippen molar-refractivity contribution in [2.24, 2.45) is 0 Å². The van der Waals surface area contributed by atoms with Crippen molar-refractivity contribution < 1.29 is 37.2 Å². The van der Waals surface area contributed by atoms with Gasteiger partial charge < -0.3 is 28.8 Å². The predicted octanol–water partition coefficient (Wildman–Crippen LogP) is 4.24. The molecular formula is C30H34O8S. The molecule has 4 rings (SSSR count). The molecule has 9 heteroatoms. The maximum atomic E-state index is 13.1. The summed E-state index contributed by atoms with van der Waals surface area (Å²) in [7, 11) is -2.29. The Morgan fingerprint density at radius 1 is 0.821 bits per heavy atom. The average molecular weight is 555 g/mol. The molecule has 0 bridgehead atoms. The van der Waals surface area contributed by atoms with Crippen molar-refractivity contribution in [2.45, 2.75) is 55.7 Å². The Morgan fingerprint density at radius 3 is 1.85 bits per heavy atom. The zero-order chi connectivity index (χ0) is 27.7. The van der Waals surface area contributed by atoms with Crippen molar-refractivity contribution >= 4 is 9.84 Å². The zero-order valence-corrected chi connectivity index (χ0v) is 22.8. The molecule has 0 spiro atoms. The Kier molecular flexibility index (Phi) is 10.3. The molecule has 0 amide bonds. The number of sulfone groups is 1. The summed E-state index contributed by atoms with van der Waals surface area (Å²) >= 11 is 0. The lowest BCUT2D eigenvalue weighted by Crippen LogP contribution is -2.61. The van der Waals surface area contributed by atoms with Gasteiger partial charge in [0.2, 0.25) is 9.84 Å². The quantitative estimate of drug-likeness (QED) is 0.332. The standard InChI is InChI=1S/C30H34O8S/c1-22(39(32,33)25-16-10-5-11-17-25)19-35-27-26(18-31)38-30(34-2)29(37-21-24-14-8-4-9-15-24)28(27)36-20-23-12-6-3-7-13-23/h3-17,19,26-31H,18,20-21H2,1-2H3/b22-19+/t26-,27-,28+,29-,30+/m1/s1. The molecule has 5 atom stereocenters. The molecule has 1 N–H and O–H groups in total. The molecular weight excluding hydrogens is 520 g/mol. The van der Waals surface area contributed by atoms with Crippen LogP contribution in [0.4, 0.5) is 0 Å². The van der Waals surface area contributed by atoms with Crippen LogP contribution in [0.15, 0.2) is 107 Å². The van der Waals surface area contributed by atoms with E-state index in [9.17, 15) is 13.5 Å². The largest absolute Gasteiger partial charge is 0.491 e. The fourth-order valence-electron chi connectivity index (χ4n) is 4.30. The van der Waals surface area contributed by atoms with E-state index in [1.165, 1.54) is 32.4 Å². The molecule has 1 aliphatic rings. The summed E-state index contributed by atoms with van der Waals surface area (Å²) in [5.41, 5.74) is 1.87. The van der Waals surface area contributed by atoms with Gasteiger partial charge in [0.15, 0.2) is 12.4 Å². The van der Waals surface area contributed by atoms with Gasteiger partial charge in [-0.25, -0.2) is 8.42 Å². The first-order valence-electron chi connectivity index (χ1n) is 12.7. The van der Waals surface area contributed by atoms with Crippen molar-refractivity contribution in [3.05, 3.63) is 113 Å². The van der Waals surface area contributed by atoms with Crippen LogP contribution >= 0.6 is 0 Å². The van der Waals surface area contributed by atoms with E-state index in [1.54, 1.807) is 18.2 Å². The van der Waals surface area contributed by atoms with Gasteiger partial charge in [0, 0.05) is 7.11 Å². The first-order valence-corrected chi connectivity index (χ1v) is 14.1. The molecule has 3 aromatic carbocycles. The fraction of sp³-hybridized carbons (Fsp3) is 0.333. The second kappa shape index (κ2) is 13.8. The second-order valence-corrected chi connectivity index (χ2v) is 11.3. The lowest BCUT2D eigenvalue weighted by Gasteiger charge is -2.44. The molecule has 3 aromatic rings. The summed E-state index contributed by atoms with van der Waals surface area (Å²) in [6, 6.07) is 27.4. The van der Waals surface area contributed by atoms with E-state index in [0.29, 0.717) is 0 Å². The van der Waals surface area contributed by atoms with Crippen LogP contribution in [-0.4, -0.2) is 57.9 Å². The summed E-state index contributed by atoms with van der Waals surface area (Å²) < 4.78 is 56.4. The highest BCUT2D eigenvalue weighted by atomic mass is 32.2.